The molecule has 0 bridgehead atoms. The summed E-state index contributed by atoms with van der Waals surface area (Å²) in [6, 6.07) is 5.26. The molecule has 0 atom stereocenters. The van der Waals surface area contributed by atoms with Crippen LogP contribution in [0.4, 0.5) is 0 Å². The van der Waals surface area contributed by atoms with E-state index >= 15 is 0 Å². The maximum absolute atomic E-state index is 12.7. The first-order valence-electron chi connectivity index (χ1n) is 8.54. The summed E-state index contributed by atoms with van der Waals surface area (Å²) in [5.41, 5.74) is 5.27. The molecule has 0 radical (unpaired) electrons. The van der Waals surface area contributed by atoms with Gasteiger partial charge in [-0.1, -0.05) is 13.8 Å². The van der Waals surface area contributed by atoms with E-state index in [0.717, 1.165) is 0 Å². The third-order valence-corrected chi connectivity index (χ3v) is 8.64. The Balaban J connectivity index is 2.21. The maximum Gasteiger partial charge on any atom is 0.243 e. The number of sulfonamides is 2. The smallest absolute Gasteiger partial charge is 0.243 e. The molecule has 2 N–H and O–H groups in total. The number of rotatable bonds is 7. The van der Waals surface area contributed by atoms with Crippen LogP contribution in [0.5, 0.6) is 0 Å². The van der Waals surface area contributed by atoms with Crippen molar-refractivity contribution >= 4 is 26.0 Å². The summed E-state index contributed by atoms with van der Waals surface area (Å²) < 4.78 is 53.0. The minimum atomic E-state index is -3.73. The molecule has 1 heterocycles. The van der Waals surface area contributed by atoms with Crippen LogP contribution in [0.2, 0.25) is 0 Å². The number of carbonyl (C=O) groups is 1. The standard InChI is InChI=1S/C16H25N3O5S2/c1-3-18(4-2)25(21,22)14-5-7-15(8-6-14)26(23,24)19-11-9-13(10-12-19)16(17)20/h5-8,13H,3-4,9-12H2,1-2H3,(H2,17,20). The molecule has 26 heavy (non-hydrogen) atoms. The van der Waals surface area contributed by atoms with Crippen LogP contribution in [0.15, 0.2) is 34.1 Å². The number of hydrogen-bond acceptors (Lipinski definition) is 5. The summed E-state index contributed by atoms with van der Waals surface area (Å²) in [5.74, 6) is -0.712. The molecule has 0 saturated carbocycles. The predicted molar refractivity (Wildman–Crippen MR) is 97.2 cm³/mol. The molecule has 1 aromatic rings. The Hall–Kier alpha value is -1.49. The third-order valence-electron chi connectivity index (χ3n) is 4.66. The number of carbonyl (C=O) groups excluding carboxylic acids is 1. The lowest BCUT2D eigenvalue weighted by atomic mass is 9.98. The van der Waals surface area contributed by atoms with Crippen LogP contribution >= 0.6 is 0 Å². The average molecular weight is 404 g/mol. The van der Waals surface area contributed by atoms with Gasteiger partial charge in [-0.2, -0.15) is 8.61 Å². The van der Waals surface area contributed by atoms with Gasteiger partial charge in [-0.3, -0.25) is 4.79 Å². The summed E-state index contributed by atoms with van der Waals surface area (Å²) >= 11 is 0. The van der Waals surface area contributed by atoms with Gasteiger partial charge in [0.2, 0.25) is 26.0 Å². The number of primary amides is 1. The summed E-state index contributed by atoms with van der Waals surface area (Å²) in [6.45, 7) is 4.61. The van der Waals surface area contributed by atoms with Gasteiger partial charge in [0.15, 0.2) is 0 Å². The molecule has 1 amide bonds. The fourth-order valence-electron chi connectivity index (χ4n) is 3.03. The van der Waals surface area contributed by atoms with Crippen molar-refractivity contribution in [2.24, 2.45) is 11.7 Å². The van der Waals surface area contributed by atoms with Gasteiger partial charge in [-0.25, -0.2) is 16.8 Å². The molecule has 1 saturated heterocycles. The lowest BCUT2D eigenvalue weighted by molar-refractivity contribution is -0.122. The van der Waals surface area contributed by atoms with Gasteiger partial charge >= 0.3 is 0 Å². The highest BCUT2D eigenvalue weighted by Crippen LogP contribution is 2.25. The highest BCUT2D eigenvalue weighted by molar-refractivity contribution is 7.89. The van der Waals surface area contributed by atoms with E-state index in [1.54, 1.807) is 13.8 Å². The summed E-state index contributed by atoms with van der Waals surface area (Å²) in [6.07, 6.45) is 0.784. The van der Waals surface area contributed by atoms with E-state index in [1.165, 1.54) is 32.9 Å². The zero-order chi connectivity index (χ0) is 19.5. The maximum atomic E-state index is 12.7. The van der Waals surface area contributed by atoms with E-state index in [0.29, 0.717) is 25.9 Å². The molecule has 1 aliphatic rings. The molecule has 0 unspecified atom stereocenters. The topological polar surface area (TPSA) is 118 Å². The van der Waals surface area contributed by atoms with E-state index in [-0.39, 0.29) is 28.8 Å². The second-order valence-electron chi connectivity index (χ2n) is 6.14. The molecule has 0 aliphatic carbocycles. The van der Waals surface area contributed by atoms with Crippen molar-refractivity contribution in [2.45, 2.75) is 36.5 Å². The molecule has 1 aliphatic heterocycles. The number of nitrogens with two attached hydrogens (primary N) is 1. The second kappa shape index (κ2) is 8.03. The molecule has 1 fully saturated rings. The van der Waals surface area contributed by atoms with Gasteiger partial charge in [0.25, 0.3) is 0 Å². The Kier molecular flexibility index (Phi) is 6.43. The van der Waals surface area contributed by atoms with Gasteiger partial charge in [-0.15, -0.1) is 0 Å². The largest absolute Gasteiger partial charge is 0.369 e. The second-order valence-corrected chi connectivity index (χ2v) is 10.0. The van der Waals surface area contributed by atoms with E-state index in [1.807, 2.05) is 0 Å². The zero-order valence-electron chi connectivity index (χ0n) is 15.0. The van der Waals surface area contributed by atoms with Crippen molar-refractivity contribution in [3.63, 3.8) is 0 Å². The highest BCUT2D eigenvalue weighted by atomic mass is 32.2. The quantitative estimate of drug-likeness (QED) is 0.715. The molecule has 0 aromatic heterocycles. The Morgan fingerprint density at radius 1 is 1.04 bits per heavy atom. The minimum Gasteiger partial charge on any atom is -0.369 e. The van der Waals surface area contributed by atoms with Crippen LogP contribution in [0.25, 0.3) is 0 Å². The van der Waals surface area contributed by atoms with Gasteiger partial charge in [0, 0.05) is 32.1 Å². The number of piperidine rings is 1. The third kappa shape index (κ3) is 4.08. The summed E-state index contributed by atoms with van der Waals surface area (Å²) in [7, 11) is -7.36. The van der Waals surface area contributed by atoms with E-state index in [9.17, 15) is 21.6 Å². The fourth-order valence-corrected chi connectivity index (χ4v) is 5.95. The Bertz CT molecular complexity index is 838. The molecule has 10 heteroatoms. The number of benzene rings is 1. The van der Waals surface area contributed by atoms with Crippen molar-refractivity contribution < 1.29 is 21.6 Å². The van der Waals surface area contributed by atoms with E-state index in [2.05, 4.69) is 0 Å². The Labute approximate surface area is 155 Å². The van der Waals surface area contributed by atoms with Gasteiger partial charge in [0.1, 0.15) is 0 Å². The molecule has 1 aromatic carbocycles. The van der Waals surface area contributed by atoms with Crippen LogP contribution in [-0.4, -0.2) is 57.5 Å². The predicted octanol–water partition coefficient (Wildman–Crippen LogP) is 0.603. The van der Waals surface area contributed by atoms with Crippen LogP contribution in [0.3, 0.4) is 0 Å². The van der Waals surface area contributed by atoms with Crippen LogP contribution in [-0.2, 0) is 24.8 Å². The van der Waals surface area contributed by atoms with Crippen molar-refractivity contribution in [3.05, 3.63) is 24.3 Å². The number of amides is 1. The molecular formula is C16H25N3O5S2. The molecule has 8 nitrogen and oxygen atoms in total. The number of nitrogens with zero attached hydrogens (tertiary/aromatic N) is 2. The fraction of sp³-hybridized carbons (Fsp3) is 0.562. The van der Waals surface area contributed by atoms with Crippen LogP contribution in [0.1, 0.15) is 26.7 Å². The van der Waals surface area contributed by atoms with Crippen molar-refractivity contribution in [1.29, 1.82) is 0 Å². The van der Waals surface area contributed by atoms with Crippen LogP contribution < -0.4 is 5.73 Å². The van der Waals surface area contributed by atoms with Crippen LogP contribution in [0, 0.1) is 5.92 Å². The molecule has 146 valence electrons. The molecular weight excluding hydrogens is 378 g/mol. The van der Waals surface area contributed by atoms with Crippen molar-refractivity contribution in [3.8, 4) is 0 Å². The monoisotopic (exact) mass is 403 g/mol. The summed E-state index contributed by atoms with van der Waals surface area (Å²) in [4.78, 5) is 11.3. The summed E-state index contributed by atoms with van der Waals surface area (Å²) in [5, 5.41) is 0. The van der Waals surface area contributed by atoms with E-state index < -0.39 is 26.0 Å². The first kappa shape index (κ1) is 20.8. The first-order chi connectivity index (χ1) is 12.1. The lowest BCUT2D eigenvalue weighted by Gasteiger charge is -2.29. The van der Waals surface area contributed by atoms with Gasteiger partial charge < -0.3 is 5.73 Å². The SMILES string of the molecule is CCN(CC)S(=O)(=O)c1ccc(S(=O)(=O)N2CCC(C(N)=O)CC2)cc1. The number of hydrogen-bond donors (Lipinski definition) is 1. The van der Waals surface area contributed by atoms with Crippen molar-refractivity contribution in [2.75, 3.05) is 26.2 Å². The van der Waals surface area contributed by atoms with E-state index in [4.69, 9.17) is 5.73 Å². The Morgan fingerprint density at radius 2 is 1.50 bits per heavy atom. The average Bonchev–Trinajstić information content (AvgIpc) is 2.62. The Morgan fingerprint density at radius 3 is 1.92 bits per heavy atom. The van der Waals surface area contributed by atoms with Crippen molar-refractivity contribution in [1.82, 2.24) is 8.61 Å². The zero-order valence-corrected chi connectivity index (χ0v) is 16.6. The lowest BCUT2D eigenvalue weighted by Crippen LogP contribution is -2.41. The highest BCUT2D eigenvalue weighted by Gasteiger charge is 2.31. The van der Waals surface area contributed by atoms with Gasteiger partial charge in [-0.05, 0) is 37.1 Å². The molecule has 2 rings (SSSR count). The molecule has 0 spiro atoms. The van der Waals surface area contributed by atoms with Gasteiger partial charge in [0.05, 0.1) is 9.79 Å². The first-order valence-corrected chi connectivity index (χ1v) is 11.4. The minimum absolute atomic E-state index is 0.0357. The normalized spacial score (nSPS) is 17.5.